The fourth-order valence-electron chi connectivity index (χ4n) is 2.38. The number of aliphatic hydroxyl groups excluding tert-OH is 2. The second-order valence-electron chi connectivity index (χ2n) is 4.52. The molecule has 14 heavy (non-hydrogen) atoms. The fourth-order valence-corrected chi connectivity index (χ4v) is 2.38. The Morgan fingerprint density at radius 1 is 1.21 bits per heavy atom. The zero-order chi connectivity index (χ0) is 10.4. The Morgan fingerprint density at radius 3 is 2.29 bits per heavy atom. The summed E-state index contributed by atoms with van der Waals surface area (Å²) in [4.78, 5) is 0. The highest BCUT2D eigenvalue weighted by Gasteiger charge is 2.19. The van der Waals surface area contributed by atoms with Crippen LogP contribution in [0.15, 0.2) is 0 Å². The van der Waals surface area contributed by atoms with E-state index in [2.05, 4.69) is 12.2 Å². The average Bonchev–Trinajstić information content (AvgIpc) is 2.66. The lowest BCUT2D eigenvalue weighted by Crippen LogP contribution is -2.42. The molecule has 0 aliphatic heterocycles. The molecule has 1 atom stereocenters. The van der Waals surface area contributed by atoms with Crippen molar-refractivity contribution in [1.29, 1.82) is 0 Å². The maximum atomic E-state index is 8.91. The highest BCUT2D eigenvalue weighted by molar-refractivity contribution is 4.75. The third-order valence-corrected chi connectivity index (χ3v) is 3.12. The predicted octanol–water partition coefficient (Wildman–Crippen LogP) is 0.898. The Balaban J connectivity index is 2.16. The van der Waals surface area contributed by atoms with E-state index in [1.165, 1.54) is 32.1 Å². The molecule has 0 aromatic carbocycles. The maximum absolute atomic E-state index is 8.91. The Kier molecular flexibility index (Phi) is 5.45. The first-order valence-corrected chi connectivity index (χ1v) is 5.74. The minimum Gasteiger partial charge on any atom is -0.395 e. The van der Waals surface area contributed by atoms with Crippen LogP contribution in [0.1, 0.15) is 39.0 Å². The largest absolute Gasteiger partial charge is 0.395 e. The summed E-state index contributed by atoms with van der Waals surface area (Å²) in [5.41, 5.74) is 0. The van der Waals surface area contributed by atoms with E-state index in [1.54, 1.807) is 0 Å². The monoisotopic (exact) mass is 201 g/mol. The second-order valence-corrected chi connectivity index (χ2v) is 4.52. The molecule has 0 aromatic rings. The van der Waals surface area contributed by atoms with Gasteiger partial charge in [0.05, 0.1) is 19.3 Å². The molecule has 0 amide bonds. The first-order valence-electron chi connectivity index (χ1n) is 5.74. The third kappa shape index (κ3) is 3.95. The Bertz CT molecular complexity index is 138. The van der Waals surface area contributed by atoms with Crippen molar-refractivity contribution in [2.75, 3.05) is 13.2 Å². The summed E-state index contributed by atoms with van der Waals surface area (Å²) in [5.74, 6) is 0.857. The molecule has 3 N–H and O–H groups in total. The van der Waals surface area contributed by atoms with Gasteiger partial charge >= 0.3 is 0 Å². The van der Waals surface area contributed by atoms with Crippen molar-refractivity contribution in [1.82, 2.24) is 5.32 Å². The maximum Gasteiger partial charge on any atom is 0.0607 e. The van der Waals surface area contributed by atoms with Gasteiger partial charge < -0.3 is 15.5 Å². The summed E-state index contributed by atoms with van der Waals surface area (Å²) in [6.07, 6.45) is 6.64. The van der Waals surface area contributed by atoms with Gasteiger partial charge in [-0.1, -0.05) is 25.7 Å². The van der Waals surface area contributed by atoms with Gasteiger partial charge in [-0.15, -0.1) is 0 Å². The van der Waals surface area contributed by atoms with Crippen LogP contribution in [-0.2, 0) is 0 Å². The molecule has 1 fully saturated rings. The lowest BCUT2D eigenvalue weighted by molar-refractivity contribution is 0.159. The van der Waals surface area contributed by atoms with Gasteiger partial charge in [0.15, 0.2) is 0 Å². The standard InChI is InChI=1S/C11H23NO2/c1-9(12-11(7-13)8-14)6-10-4-2-3-5-10/h9-14H,2-8H2,1H3. The zero-order valence-corrected chi connectivity index (χ0v) is 9.08. The van der Waals surface area contributed by atoms with Crippen LogP contribution in [0.2, 0.25) is 0 Å². The van der Waals surface area contributed by atoms with Gasteiger partial charge in [0.25, 0.3) is 0 Å². The molecule has 0 aromatic heterocycles. The van der Waals surface area contributed by atoms with Gasteiger partial charge in [-0.25, -0.2) is 0 Å². The molecule has 1 rings (SSSR count). The van der Waals surface area contributed by atoms with Crippen molar-refractivity contribution in [2.24, 2.45) is 5.92 Å². The van der Waals surface area contributed by atoms with Gasteiger partial charge in [-0.3, -0.25) is 0 Å². The smallest absolute Gasteiger partial charge is 0.0607 e. The lowest BCUT2D eigenvalue weighted by Gasteiger charge is -2.22. The van der Waals surface area contributed by atoms with Crippen molar-refractivity contribution >= 4 is 0 Å². The summed E-state index contributed by atoms with van der Waals surface area (Å²) in [6, 6.07) is 0.258. The number of rotatable bonds is 6. The lowest BCUT2D eigenvalue weighted by atomic mass is 9.99. The normalized spacial score (nSPS) is 20.6. The molecule has 0 bridgehead atoms. The van der Waals surface area contributed by atoms with Crippen molar-refractivity contribution in [3.05, 3.63) is 0 Å². The molecular formula is C11H23NO2. The Morgan fingerprint density at radius 2 is 1.79 bits per heavy atom. The summed E-state index contributed by atoms with van der Waals surface area (Å²) in [7, 11) is 0. The molecule has 1 aliphatic carbocycles. The Hall–Kier alpha value is -0.120. The van der Waals surface area contributed by atoms with Crippen LogP contribution < -0.4 is 5.32 Å². The molecule has 1 unspecified atom stereocenters. The molecule has 0 radical (unpaired) electrons. The van der Waals surface area contributed by atoms with E-state index < -0.39 is 0 Å². The van der Waals surface area contributed by atoms with E-state index in [9.17, 15) is 0 Å². The molecule has 84 valence electrons. The van der Waals surface area contributed by atoms with E-state index in [0.29, 0.717) is 6.04 Å². The van der Waals surface area contributed by atoms with E-state index >= 15 is 0 Å². The van der Waals surface area contributed by atoms with Crippen molar-refractivity contribution in [3.8, 4) is 0 Å². The van der Waals surface area contributed by atoms with Gasteiger partial charge in [0.2, 0.25) is 0 Å². The molecule has 0 spiro atoms. The molecule has 0 saturated heterocycles. The topological polar surface area (TPSA) is 52.5 Å². The van der Waals surface area contributed by atoms with Gasteiger partial charge in [-0.2, -0.15) is 0 Å². The molecule has 0 heterocycles. The third-order valence-electron chi connectivity index (χ3n) is 3.12. The number of aliphatic hydroxyl groups is 2. The first kappa shape index (κ1) is 12.0. The highest BCUT2D eigenvalue weighted by Crippen LogP contribution is 2.28. The SMILES string of the molecule is CC(CC1CCCC1)NC(CO)CO. The minimum atomic E-state index is -0.147. The second kappa shape index (κ2) is 6.38. The average molecular weight is 201 g/mol. The predicted molar refractivity (Wildman–Crippen MR) is 57.1 cm³/mol. The number of hydrogen-bond donors (Lipinski definition) is 3. The van der Waals surface area contributed by atoms with Crippen LogP contribution in [0, 0.1) is 5.92 Å². The summed E-state index contributed by atoms with van der Waals surface area (Å²) in [5, 5.41) is 21.1. The van der Waals surface area contributed by atoms with E-state index in [-0.39, 0.29) is 19.3 Å². The quantitative estimate of drug-likeness (QED) is 0.598. The van der Waals surface area contributed by atoms with Crippen LogP contribution in [0.3, 0.4) is 0 Å². The number of hydrogen-bond acceptors (Lipinski definition) is 3. The van der Waals surface area contributed by atoms with Crippen molar-refractivity contribution < 1.29 is 10.2 Å². The van der Waals surface area contributed by atoms with E-state index in [0.717, 1.165) is 5.92 Å². The minimum absolute atomic E-state index is 0.0194. The number of nitrogens with one attached hydrogen (secondary N) is 1. The summed E-state index contributed by atoms with van der Waals surface area (Å²) in [6.45, 7) is 2.17. The molecular weight excluding hydrogens is 178 g/mol. The van der Waals surface area contributed by atoms with E-state index in [1.807, 2.05) is 0 Å². The fraction of sp³-hybridized carbons (Fsp3) is 1.00. The Labute approximate surface area is 86.5 Å². The van der Waals surface area contributed by atoms with Crippen molar-refractivity contribution in [2.45, 2.75) is 51.1 Å². The van der Waals surface area contributed by atoms with E-state index in [4.69, 9.17) is 10.2 Å². The zero-order valence-electron chi connectivity index (χ0n) is 9.08. The molecule has 1 aliphatic rings. The van der Waals surface area contributed by atoms with Crippen LogP contribution in [0.5, 0.6) is 0 Å². The molecule has 1 saturated carbocycles. The molecule has 3 nitrogen and oxygen atoms in total. The van der Waals surface area contributed by atoms with Gasteiger partial charge in [-0.05, 0) is 19.3 Å². The van der Waals surface area contributed by atoms with Gasteiger partial charge in [0.1, 0.15) is 0 Å². The summed E-state index contributed by atoms with van der Waals surface area (Å²) >= 11 is 0. The molecule has 3 heteroatoms. The van der Waals surface area contributed by atoms with Crippen LogP contribution in [0.25, 0.3) is 0 Å². The van der Waals surface area contributed by atoms with Gasteiger partial charge in [0, 0.05) is 6.04 Å². The first-order chi connectivity index (χ1) is 6.76. The van der Waals surface area contributed by atoms with Crippen LogP contribution in [-0.4, -0.2) is 35.5 Å². The highest BCUT2D eigenvalue weighted by atomic mass is 16.3. The van der Waals surface area contributed by atoms with Crippen LogP contribution >= 0.6 is 0 Å². The summed E-state index contributed by atoms with van der Waals surface area (Å²) < 4.78 is 0. The van der Waals surface area contributed by atoms with Crippen LogP contribution in [0.4, 0.5) is 0 Å². The van der Waals surface area contributed by atoms with Crippen molar-refractivity contribution in [3.63, 3.8) is 0 Å².